The first kappa shape index (κ1) is 17.6. The summed E-state index contributed by atoms with van der Waals surface area (Å²) in [7, 11) is 0. The number of aromatic amines is 1. The van der Waals surface area contributed by atoms with Gasteiger partial charge in [0, 0.05) is 17.9 Å². The Morgan fingerprint density at radius 2 is 2.00 bits per heavy atom. The molecule has 0 spiro atoms. The van der Waals surface area contributed by atoms with Gasteiger partial charge in [-0.15, -0.1) is 0 Å². The maximum atomic E-state index is 14.0. The average molecular weight is 356 g/mol. The fraction of sp³-hybridized carbons (Fsp3) is 0.263. The van der Waals surface area contributed by atoms with Crippen LogP contribution in [0.2, 0.25) is 0 Å². The topological polar surface area (TPSA) is 53.6 Å². The largest absolute Gasteiger partial charge is 0.313 e. The van der Waals surface area contributed by atoms with Crippen molar-refractivity contribution in [3.8, 4) is 11.1 Å². The van der Waals surface area contributed by atoms with Crippen molar-refractivity contribution >= 4 is 11.8 Å². The molecule has 0 bridgehead atoms. The third-order valence-electron chi connectivity index (χ3n) is 3.85. The Morgan fingerprint density at radius 3 is 2.72 bits per heavy atom. The van der Waals surface area contributed by atoms with Crippen LogP contribution in [0.5, 0.6) is 0 Å². The van der Waals surface area contributed by atoms with Gasteiger partial charge < -0.3 is 5.32 Å². The van der Waals surface area contributed by atoms with Crippen LogP contribution in [0.25, 0.3) is 11.1 Å². The predicted molar refractivity (Wildman–Crippen MR) is 100 cm³/mol. The van der Waals surface area contributed by atoms with E-state index in [-0.39, 0.29) is 5.82 Å². The molecule has 25 heavy (non-hydrogen) atoms. The second-order valence-corrected chi connectivity index (χ2v) is 6.93. The Labute approximate surface area is 151 Å². The minimum Gasteiger partial charge on any atom is -0.313 e. The monoisotopic (exact) mass is 356 g/mol. The Balaban J connectivity index is 1.43. The number of H-pyrrole nitrogens is 1. The molecule has 0 fully saturated rings. The van der Waals surface area contributed by atoms with Crippen molar-refractivity contribution in [2.24, 2.45) is 0 Å². The van der Waals surface area contributed by atoms with Gasteiger partial charge in [-0.05, 0) is 42.6 Å². The molecule has 0 atom stereocenters. The lowest BCUT2D eigenvalue weighted by Crippen LogP contribution is -2.15. The van der Waals surface area contributed by atoms with Gasteiger partial charge in [0.15, 0.2) is 5.16 Å². The summed E-state index contributed by atoms with van der Waals surface area (Å²) in [4.78, 5) is 4.07. The van der Waals surface area contributed by atoms with E-state index in [9.17, 15) is 4.39 Å². The van der Waals surface area contributed by atoms with E-state index in [1.165, 1.54) is 11.9 Å². The molecule has 3 aromatic rings. The molecule has 0 unspecified atom stereocenters. The minimum absolute atomic E-state index is 0.171. The summed E-state index contributed by atoms with van der Waals surface area (Å²) in [6, 6.07) is 13.4. The van der Waals surface area contributed by atoms with Gasteiger partial charge >= 0.3 is 0 Å². The second-order valence-electron chi connectivity index (χ2n) is 5.85. The summed E-state index contributed by atoms with van der Waals surface area (Å²) >= 11 is 1.67. The van der Waals surface area contributed by atoms with Crippen molar-refractivity contribution in [1.82, 2.24) is 20.5 Å². The zero-order valence-electron chi connectivity index (χ0n) is 14.1. The van der Waals surface area contributed by atoms with E-state index in [0.29, 0.717) is 5.56 Å². The predicted octanol–water partition coefficient (Wildman–Crippen LogP) is 4.19. The number of benzene rings is 2. The van der Waals surface area contributed by atoms with E-state index >= 15 is 0 Å². The van der Waals surface area contributed by atoms with Crippen molar-refractivity contribution in [2.75, 3.05) is 12.3 Å². The lowest BCUT2D eigenvalue weighted by Gasteiger charge is -2.08. The highest BCUT2D eigenvalue weighted by molar-refractivity contribution is 7.99. The molecular weight excluding hydrogens is 335 g/mol. The van der Waals surface area contributed by atoms with Crippen molar-refractivity contribution in [3.63, 3.8) is 0 Å². The number of thioether (sulfide) groups is 1. The molecule has 1 aromatic heterocycles. The number of nitrogens with zero attached hydrogens (tertiary/aromatic N) is 2. The fourth-order valence-electron chi connectivity index (χ4n) is 2.52. The molecule has 3 rings (SSSR count). The molecule has 0 saturated heterocycles. The van der Waals surface area contributed by atoms with Gasteiger partial charge in [-0.25, -0.2) is 9.37 Å². The van der Waals surface area contributed by atoms with Crippen LogP contribution in [0, 0.1) is 12.7 Å². The summed E-state index contributed by atoms with van der Waals surface area (Å²) in [6.45, 7) is 3.64. The van der Waals surface area contributed by atoms with Crippen molar-refractivity contribution in [2.45, 2.75) is 25.0 Å². The van der Waals surface area contributed by atoms with Gasteiger partial charge in [0.25, 0.3) is 0 Å². The maximum absolute atomic E-state index is 14.0. The van der Waals surface area contributed by atoms with Gasteiger partial charge in [0.1, 0.15) is 12.1 Å². The van der Waals surface area contributed by atoms with Crippen LogP contribution in [-0.4, -0.2) is 27.5 Å². The number of halogens is 1. The number of aromatic nitrogens is 3. The Kier molecular flexibility index (Phi) is 6.19. The summed E-state index contributed by atoms with van der Waals surface area (Å²) in [5.41, 5.74) is 3.68. The van der Waals surface area contributed by atoms with Gasteiger partial charge in [0.05, 0.1) is 0 Å². The van der Waals surface area contributed by atoms with Gasteiger partial charge in [0.2, 0.25) is 0 Å². The molecule has 0 radical (unpaired) electrons. The molecule has 4 nitrogen and oxygen atoms in total. The van der Waals surface area contributed by atoms with E-state index in [0.717, 1.165) is 41.5 Å². The highest BCUT2D eigenvalue weighted by atomic mass is 32.2. The Bertz CT molecular complexity index is 788. The molecule has 0 amide bonds. The highest BCUT2D eigenvalue weighted by Crippen LogP contribution is 2.24. The Hall–Kier alpha value is -2.18. The molecule has 6 heteroatoms. The third-order valence-corrected chi connectivity index (χ3v) is 4.81. The average Bonchev–Trinajstić information content (AvgIpc) is 3.12. The molecule has 0 aliphatic heterocycles. The van der Waals surface area contributed by atoms with E-state index in [2.05, 4.69) is 20.5 Å². The first-order chi connectivity index (χ1) is 12.2. The number of hydrogen-bond acceptors (Lipinski definition) is 4. The van der Waals surface area contributed by atoms with Crippen LogP contribution in [0.4, 0.5) is 4.39 Å². The Morgan fingerprint density at radius 1 is 1.16 bits per heavy atom. The van der Waals surface area contributed by atoms with Gasteiger partial charge in [-0.1, -0.05) is 48.2 Å². The normalized spacial score (nSPS) is 11.0. The molecule has 0 aliphatic carbocycles. The van der Waals surface area contributed by atoms with Crippen molar-refractivity contribution in [3.05, 3.63) is 65.7 Å². The first-order valence-corrected chi connectivity index (χ1v) is 9.25. The lowest BCUT2D eigenvalue weighted by molar-refractivity contribution is 0.630. The van der Waals surface area contributed by atoms with Gasteiger partial charge in [-0.3, -0.25) is 5.10 Å². The third kappa shape index (κ3) is 5.14. The quantitative estimate of drug-likeness (QED) is 0.469. The van der Waals surface area contributed by atoms with Gasteiger partial charge in [-0.2, -0.15) is 5.10 Å². The number of nitrogens with one attached hydrogen (secondary N) is 2. The molecule has 1 heterocycles. The van der Waals surface area contributed by atoms with E-state index < -0.39 is 0 Å². The SMILES string of the molecule is Cc1ccc(-c2ccc(CNCCCSc3ncn[nH]3)cc2)c(F)c1. The molecule has 2 aromatic carbocycles. The molecule has 130 valence electrons. The van der Waals surface area contributed by atoms with Crippen LogP contribution in [-0.2, 0) is 6.54 Å². The van der Waals surface area contributed by atoms with Crippen molar-refractivity contribution < 1.29 is 4.39 Å². The summed E-state index contributed by atoms with van der Waals surface area (Å²) in [5.74, 6) is 0.823. The fourth-order valence-corrected chi connectivity index (χ4v) is 3.24. The number of rotatable bonds is 8. The summed E-state index contributed by atoms with van der Waals surface area (Å²) in [6.07, 6.45) is 2.57. The maximum Gasteiger partial charge on any atom is 0.183 e. The van der Waals surface area contributed by atoms with Crippen LogP contribution < -0.4 is 5.32 Å². The second kappa shape index (κ2) is 8.78. The van der Waals surface area contributed by atoms with E-state index in [1.54, 1.807) is 17.8 Å². The molecule has 0 aliphatic rings. The van der Waals surface area contributed by atoms with E-state index in [1.807, 2.05) is 43.3 Å². The zero-order chi connectivity index (χ0) is 17.5. The van der Waals surface area contributed by atoms with Crippen LogP contribution in [0.15, 0.2) is 53.9 Å². The highest BCUT2D eigenvalue weighted by Gasteiger charge is 2.05. The van der Waals surface area contributed by atoms with Crippen molar-refractivity contribution in [1.29, 1.82) is 0 Å². The summed E-state index contributed by atoms with van der Waals surface area (Å²) < 4.78 is 14.0. The van der Waals surface area contributed by atoms with Crippen LogP contribution >= 0.6 is 11.8 Å². The van der Waals surface area contributed by atoms with E-state index in [4.69, 9.17) is 0 Å². The number of hydrogen-bond donors (Lipinski definition) is 2. The smallest absolute Gasteiger partial charge is 0.183 e. The molecular formula is C19H21FN4S. The molecule has 2 N–H and O–H groups in total. The standard InChI is InChI=1S/C19H21FN4S/c1-14-3-8-17(18(20)11-14)16-6-4-15(5-7-16)12-21-9-2-10-25-19-22-13-23-24-19/h3-8,11,13,21H,2,9-10,12H2,1H3,(H,22,23,24). The lowest BCUT2D eigenvalue weighted by atomic mass is 10.0. The first-order valence-electron chi connectivity index (χ1n) is 8.27. The van der Waals surface area contributed by atoms with Crippen LogP contribution in [0.1, 0.15) is 17.5 Å². The minimum atomic E-state index is -0.171. The number of aryl methyl sites for hydroxylation is 1. The van der Waals surface area contributed by atoms with Crippen LogP contribution in [0.3, 0.4) is 0 Å². The molecule has 0 saturated carbocycles. The summed E-state index contributed by atoms with van der Waals surface area (Å²) in [5, 5.41) is 10.9. The zero-order valence-corrected chi connectivity index (χ0v) is 14.9.